The van der Waals surface area contributed by atoms with Crippen LogP contribution in [0, 0.1) is 0 Å². The lowest BCUT2D eigenvalue weighted by Crippen LogP contribution is -2.38. The fourth-order valence-electron chi connectivity index (χ4n) is 3.26. The van der Waals surface area contributed by atoms with Gasteiger partial charge in [-0.2, -0.15) is 0 Å². The number of morpholine rings is 1. The Kier molecular flexibility index (Phi) is 5.88. The number of aromatic hydroxyl groups is 1. The summed E-state index contributed by atoms with van der Waals surface area (Å²) in [5, 5.41) is 12.4. The van der Waals surface area contributed by atoms with E-state index in [1.165, 1.54) is 6.07 Å². The van der Waals surface area contributed by atoms with Crippen LogP contribution in [0.5, 0.6) is 11.5 Å². The Labute approximate surface area is 146 Å². The second-order valence-electron chi connectivity index (χ2n) is 6.46. The van der Waals surface area contributed by atoms with E-state index in [1.807, 2.05) is 0 Å². The van der Waals surface area contributed by atoms with E-state index in [1.54, 1.807) is 12.1 Å². The lowest BCUT2D eigenvalue weighted by molar-refractivity contribution is -0.136. The second-order valence-corrected chi connectivity index (χ2v) is 6.46. The zero-order valence-corrected chi connectivity index (χ0v) is 14.2. The number of esters is 1. The maximum absolute atomic E-state index is 12.2. The number of phenolic OH excluding ortho intramolecular Hbond substituents is 1. The largest absolute Gasteiger partial charge is 0.508 e. The highest BCUT2D eigenvalue weighted by molar-refractivity contribution is 5.81. The van der Waals surface area contributed by atoms with Crippen LogP contribution in [0.1, 0.15) is 30.7 Å². The third-order valence-electron chi connectivity index (χ3n) is 4.58. The molecule has 1 unspecified atom stereocenters. The second kappa shape index (κ2) is 8.31. The predicted molar refractivity (Wildman–Crippen MR) is 90.6 cm³/mol. The molecule has 1 fully saturated rings. The molecule has 0 radical (unpaired) electrons. The number of carbonyl (C=O) groups excluding carboxylic acids is 2. The molecule has 3 rings (SSSR count). The summed E-state index contributed by atoms with van der Waals surface area (Å²) in [4.78, 5) is 26.2. The van der Waals surface area contributed by atoms with Crippen LogP contribution in [0.3, 0.4) is 0 Å². The Hall–Kier alpha value is -2.12. The molecule has 1 saturated heterocycles. The minimum atomic E-state index is -0.372. The number of amides is 1. The maximum atomic E-state index is 12.2. The first-order chi connectivity index (χ1) is 12.1. The molecule has 7 nitrogen and oxygen atoms in total. The van der Waals surface area contributed by atoms with E-state index < -0.39 is 0 Å². The number of hydrogen-bond donors (Lipinski definition) is 2. The van der Waals surface area contributed by atoms with Crippen molar-refractivity contribution in [3.05, 3.63) is 23.8 Å². The zero-order valence-electron chi connectivity index (χ0n) is 14.2. The van der Waals surface area contributed by atoms with Crippen LogP contribution in [0.4, 0.5) is 0 Å². The molecule has 0 aliphatic carbocycles. The van der Waals surface area contributed by atoms with E-state index in [0.717, 1.165) is 44.8 Å². The lowest BCUT2D eigenvalue weighted by atomic mass is 9.89. The number of hydrogen-bond acceptors (Lipinski definition) is 6. The van der Waals surface area contributed by atoms with E-state index >= 15 is 0 Å². The average molecular weight is 348 g/mol. The van der Waals surface area contributed by atoms with Crippen LogP contribution in [-0.2, 0) is 14.3 Å². The Morgan fingerprint density at radius 2 is 2.12 bits per heavy atom. The third-order valence-corrected chi connectivity index (χ3v) is 4.58. The summed E-state index contributed by atoms with van der Waals surface area (Å²) in [6, 6.07) is 4.68. The smallest absolute Gasteiger partial charge is 0.311 e. The summed E-state index contributed by atoms with van der Waals surface area (Å²) in [5.41, 5.74) is 0.792. The van der Waals surface area contributed by atoms with Crippen LogP contribution in [0.15, 0.2) is 18.2 Å². The molecule has 2 heterocycles. The summed E-state index contributed by atoms with van der Waals surface area (Å²) < 4.78 is 10.5. The fraction of sp³-hybridized carbons (Fsp3) is 0.556. The average Bonchev–Trinajstić information content (AvgIpc) is 2.59. The van der Waals surface area contributed by atoms with Gasteiger partial charge in [0.25, 0.3) is 0 Å². The molecule has 1 aromatic rings. The molecule has 2 aliphatic heterocycles. The van der Waals surface area contributed by atoms with Gasteiger partial charge in [-0.3, -0.25) is 14.5 Å². The molecule has 2 aliphatic rings. The van der Waals surface area contributed by atoms with Gasteiger partial charge in [-0.15, -0.1) is 0 Å². The van der Waals surface area contributed by atoms with E-state index in [0.29, 0.717) is 12.3 Å². The van der Waals surface area contributed by atoms with Gasteiger partial charge >= 0.3 is 5.97 Å². The van der Waals surface area contributed by atoms with Gasteiger partial charge in [-0.1, -0.05) is 6.07 Å². The summed E-state index contributed by atoms with van der Waals surface area (Å²) >= 11 is 0. The topological polar surface area (TPSA) is 88.1 Å². The van der Waals surface area contributed by atoms with E-state index in [4.69, 9.17) is 9.47 Å². The van der Waals surface area contributed by atoms with Gasteiger partial charge in [-0.25, -0.2) is 0 Å². The summed E-state index contributed by atoms with van der Waals surface area (Å²) in [7, 11) is 0. The van der Waals surface area contributed by atoms with E-state index in [-0.39, 0.29) is 36.4 Å². The molecule has 0 bridgehead atoms. The monoisotopic (exact) mass is 348 g/mol. The van der Waals surface area contributed by atoms with Gasteiger partial charge in [0.15, 0.2) is 0 Å². The number of ether oxygens (including phenoxy) is 2. The predicted octanol–water partition coefficient (Wildman–Crippen LogP) is 1.01. The van der Waals surface area contributed by atoms with Crippen molar-refractivity contribution >= 4 is 11.9 Å². The molecular weight excluding hydrogens is 324 g/mol. The van der Waals surface area contributed by atoms with Gasteiger partial charge in [-0.05, 0) is 24.6 Å². The highest BCUT2D eigenvalue weighted by atomic mass is 16.5. The first-order valence-electron chi connectivity index (χ1n) is 8.72. The highest BCUT2D eigenvalue weighted by Gasteiger charge is 2.29. The molecule has 1 aromatic carbocycles. The van der Waals surface area contributed by atoms with E-state index in [2.05, 4.69) is 10.2 Å². The number of carbonyl (C=O) groups is 2. The van der Waals surface area contributed by atoms with Crippen LogP contribution in [-0.4, -0.2) is 61.3 Å². The molecular formula is C18H24N2O5. The van der Waals surface area contributed by atoms with Crippen molar-refractivity contribution in [2.45, 2.75) is 25.2 Å². The third kappa shape index (κ3) is 4.93. The minimum absolute atomic E-state index is 0.0414. The van der Waals surface area contributed by atoms with Crippen LogP contribution < -0.4 is 10.1 Å². The van der Waals surface area contributed by atoms with Gasteiger partial charge in [0.2, 0.25) is 5.91 Å². The maximum Gasteiger partial charge on any atom is 0.311 e. The molecule has 1 atom stereocenters. The first-order valence-corrected chi connectivity index (χ1v) is 8.72. The van der Waals surface area contributed by atoms with Gasteiger partial charge in [0, 0.05) is 38.0 Å². The normalized spacial score (nSPS) is 20.6. The molecule has 2 N–H and O–H groups in total. The molecule has 7 heteroatoms. The lowest BCUT2D eigenvalue weighted by Gasteiger charge is -2.26. The van der Waals surface area contributed by atoms with Crippen molar-refractivity contribution in [2.75, 3.05) is 39.4 Å². The number of fused-ring (bicyclic) bond motifs is 1. The summed E-state index contributed by atoms with van der Waals surface area (Å²) in [6.07, 6.45) is 1.31. The van der Waals surface area contributed by atoms with Crippen LogP contribution in [0.25, 0.3) is 0 Å². The number of nitrogens with one attached hydrogen (secondary N) is 1. The Morgan fingerprint density at radius 1 is 1.32 bits per heavy atom. The Bertz CT molecular complexity index is 628. The molecule has 0 spiro atoms. The SMILES string of the molecule is O=C(CC1CC(=O)Oc2cc(O)ccc21)NCCCN1CCOCC1. The van der Waals surface area contributed by atoms with Crippen molar-refractivity contribution < 1.29 is 24.2 Å². The van der Waals surface area contributed by atoms with Gasteiger partial charge < -0.3 is 19.9 Å². The minimum Gasteiger partial charge on any atom is -0.508 e. The van der Waals surface area contributed by atoms with Crippen molar-refractivity contribution in [1.82, 2.24) is 10.2 Å². The number of nitrogens with zero attached hydrogens (tertiary/aromatic N) is 1. The van der Waals surface area contributed by atoms with Crippen LogP contribution >= 0.6 is 0 Å². The number of benzene rings is 1. The molecule has 0 saturated carbocycles. The Balaban J connectivity index is 1.45. The Morgan fingerprint density at radius 3 is 2.92 bits per heavy atom. The summed E-state index contributed by atoms with van der Waals surface area (Å²) in [5.74, 6) is -0.263. The van der Waals surface area contributed by atoms with Crippen molar-refractivity contribution in [2.24, 2.45) is 0 Å². The molecule has 25 heavy (non-hydrogen) atoms. The molecule has 136 valence electrons. The van der Waals surface area contributed by atoms with Gasteiger partial charge in [0.05, 0.1) is 19.6 Å². The zero-order chi connectivity index (χ0) is 17.6. The molecule has 0 aromatic heterocycles. The van der Waals surface area contributed by atoms with Crippen molar-refractivity contribution in [1.29, 1.82) is 0 Å². The van der Waals surface area contributed by atoms with E-state index in [9.17, 15) is 14.7 Å². The quantitative estimate of drug-likeness (QED) is 0.453. The standard InChI is InChI=1S/C18H24N2O5/c21-14-2-3-15-13(11-18(23)25-16(15)12-14)10-17(22)19-4-1-5-20-6-8-24-9-7-20/h2-3,12-13,21H,1,4-11H2,(H,19,22). The number of rotatable bonds is 6. The number of phenols is 1. The fourth-order valence-corrected chi connectivity index (χ4v) is 3.26. The molecule has 1 amide bonds. The van der Waals surface area contributed by atoms with Crippen molar-refractivity contribution in [3.8, 4) is 11.5 Å². The first kappa shape index (κ1) is 17.7. The highest BCUT2D eigenvalue weighted by Crippen LogP contribution is 2.38. The van der Waals surface area contributed by atoms with Crippen LogP contribution in [0.2, 0.25) is 0 Å². The summed E-state index contributed by atoms with van der Waals surface area (Å²) in [6.45, 7) is 5.01. The van der Waals surface area contributed by atoms with Crippen molar-refractivity contribution in [3.63, 3.8) is 0 Å². The van der Waals surface area contributed by atoms with Gasteiger partial charge in [0.1, 0.15) is 11.5 Å².